The minimum atomic E-state index is -0.894. The predicted octanol–water partition coefficient (Wildman–Crippen LogP) is 3.18. The van der Waals surface area contributed by atoms with Crippen LogP contribution in [0.25, 0.3) is 0 Å². The molecule has 6 heteroatoms. The molecule has 3 amide bonds. The number of rotatable bonds is 4. The van der Waals surface area contributed by atoms with Gasteiger partial charge < -0.3 is 10.1 Å². The van der Waals surface area contributed by atoms with E-state index >= 15 is 0 Å². The van der Waals surface area contributed by atoms with E-state index in [0.29, 0.717) is 18.8 Å². The summed E-state index contributed by atoms with van der Waals surface area (Å²) >= 11 is 0. The summed E-state index contributed by atoms with van der Waals surface area (Å²) in [7, 11) is 0. The highest BCUT2D eigenvalue weighted by Crippen LogP contribution is 2.46. The van der Waals surface area contributed by atoms with Gasteiger partial charge in [0.2, 0.25) is 0 Å². The molecule has 0 bridgehead atoms. The number of urea groups is 1. The van der Waals surface area contributed by atoms with Crippen LogP contribution in [-0.2, 0) is 20.9 Å². The third-order valence-corrected chi connectivity index (χ3v) is 5.56. The topological polar surface area (TPSA) is 75.7 Å². The van der Waals surface area contributed by atoms with Gasteiger partial charge in [0.1, 0.15) is 18.7 Å². The molecule has 0 aromatic heterocycles. The van der Waals surface area contributed by atoms with Crippen molar-refractivity contribution in [3.05, 3.63) is 35.4 Å². The van der Waals surface area contributed by atoms with Crippen LogP contribution in [0.5, 0.6) is 0 Å². The maximum atomic E-state index is 13.0. The fourth-order valence-corrected chi connectivity index (χ4v) is 4.75. The van der Waals surface area contributed by atoms with Crippen LogP contribution >= 0.6 is 0 Å². The number of nitrogens with zero attached hydrogens (tertiary/aromatic N) is 1. The van der Waals surface area contributed by atoms with E-state index in [0.717, 1.165) is 22.4 Å². The normalized spacial score (nSPS) is 27.0. The molecule has 1 aliphatic carbocycles. The number of ether oxygens (including phenoxy) is 1. The summed E-state index contributed by atoms with van der Waals surface area (Å²) in [5.74, 6) is -0.562. The first-order chi connectivity index (χ1) is 12.6. The molecule has 6 nitrogen and oxygen atoms in total. The summed E-state index contributed by atoms with van der Waals surface area (Å²) in [5, 5.41) is 2.87. The number of hydrogen-bond donors (Lipinski definition) is 1. The van der Waals surface area contributed by atoms with Crippen LogP contribution in [0, 0.1) is 18.3 Å². The summed E-state index contributed by atoms with van der Waals surface area (Å²) in [6, 6.07) is 7.12. The van der Waals surface area contributed by atoms with E-state index in [1.54, 1.807) is 0 Å². The molecular weight excluding hydrogens is 344 g/mol. The van der Waals surface area contributed by atoms with Gasteiger partial charge in [-0.1, -0.05) is 45.0 Å². The number of carbonyl (C=O) groups excluding carboxylic acids is 3. The second-order valence-electron chi connectivity index (χ2n) is 8.85. The Morgan fingerprint density at radius 2 is 1.96 bits per heavy atom. The van der Waals surface area contributed by atoms with Crippen molar-refractivity contribution >= 4 is 17.9 Å². The zero-order valence-corrected chi connectivity index (χ0v) is 16.5. The van der Waals surface area contributed by atoms with Crippen molar-refractivity contribution in [2.24, 2.45) is 11.3 Å². The Labute approximate surface area is 160 Å². The second kappa shape index (κ2) is 6.98. The van der Waals surface area contributed by atoms with Crippen molar-refractivity contribution in [1.82, 2.24) is 10.2 Å². The first kappa shape index (κ1) is 19.4. The quantitative estimate of drug-likeness (QED) is 0.651. The molecule has 1 N–H and O–H groups in total. The van der Waals surface area contributed by atoms with Crippen LogP contribution < -0.4 is 5.32 Å². The SMILES string of the molecule is Cc1ccccc1COC(=O)CN1C(=O)N[C@]2(C[C@H](C)CC(C)(C)C2)C1=O. The van der Waals surface area contributed by atoms with Gasteiger partial charge in [-0.2, -0.15) is 0 Å². The lowest BCUT2D eigenvalue weighted by Crippen LogP contribution is -2.54. The Balaban J connectivity index is 1.65. The fraction of sp³-hybridized carbons (Fsp3) is 0.571. The van der Waals surface area contributed by atoms with Crippen LogP contribution in [0.4, 0.5) is 4.79 Å². The summed E-state index contributed by atoms with van der Waals surface area (Å²) in [6.07, 6.45) is 2.20. The molecule has 0 unspecified atom stereocenters. The van der Waals surface area contributed by atoms with Crippen molar-refractivity contribution in [2.75, 3.05) is 6.54 Å². The number of nitrogens with one attached hydrogen (secondary N) is 1. The maximum Gasteiger partial charge on any atom is 0.326 e. The molecule has 1 saturated carbocycles. The summed E-state index contributed by atoms with van der Waals surface area (Å²) in [4.78, 5) is 38.7. The van der Waals surface area contributed by atoms with Crippen molar-refractivity contribution < 1.29 is 19.1 Å². The zero-order valence-electron chi connectivity index (χ0n) is 16.5. The molecule has 1 aromatic carbocycles. The Hall–Kier alpha value is -2.37. The predicted molar refractivity (Wildman–Crippen MR) is 101 cm³/mol. The number of benzene rings is 1. The van der Waals surface area contributed by atoms with E-state index in [1.807, 2.05) is 31.2 Å². The third-order valence-electron chi connectivity index (χ3n) is 5.56. The van der Waals surface area contributed by atoms with Gasteiger partial charge in [0.05, 0.1) is 0 Å². The number of imide groups is 1. The van der Waals surface area contributed by atoms with Gasteiger partial charge >= 0.3 is 12.0 Å². The minimum absolute atomic E-state index is 0.0397. The molecule has 1 aromatic rings. The molecule has 2 atom stereocenters. The van der Waals surface area contributed by atoms with Gasteiger partial charge in [0, 0.05) is 0 Å². The van der Waals surface area contributed by atoms with Crippen LogP contribution in [0.2, 0.25) is 0 Å². The van der Waals surface area contributed by atoms with Crippen molar-refractivity contribution in [3.63, 3.8) is 0 Å². The number of amides is 3. The van der Waals surface area contributed by atoms with E-state index in [-0.39, 0.29) is 24.5 Å². The van der Waals surface area contributed by atoms with E-state index in [2.05, 4.69) is 26.1 Å². The molecule has 1 aliphatic heterocycles. The highest BCUT2D eigenvalue weighted by Gasteiger charge is 2.56. The minimum Gasteiger partial charge on any atom is -0.459 e. The van der Waals surface area contributed by atoms with E-state index in [4.69, 9.17) is 4.74 Å². The van der Waals surface area contributed by atoms with Gasteiger partial charge in [0.25, 0.3) is 5.91 Å². The molecule has 146 valence electrons. The molecule has 0 radical (unpaired) electrons. The summed E-state index contributed by atoms with van der Waals surface area (Å²) in [6.45, 7) is 8.04. The van der Waals surface area contributed by atoms with E-state index in [9.17, 15) is 14.4 Å². The molecule has 1 saturated heterocycles. The van der Waals surface area contributed by atoms with Crippen LogP contribution in [0.15, 0.2) is 24.3 Å². The Bertz CT molecular complexity index is 773. The Morgan fingerprint density at radius 1 is 1.26 bits per heavy atom. The molecule has 1 heterocycles. The number of carbonyl (C=O) groups is 3. The maximum absolute atomic E-state index is 13.0. The average molecular weight is 372 g/mol. The molecule has 27 heavy (non-hydrogen) atoms. The number of hydrogen-bond acceptors (Lipinski definition) is 4. The molecule has 1 spiro atoms. The monoisotopic (exact) mass is 372 g/mol. The van der Waals surface area contributed by atoms with Crippen molar-refractivity contribution in [1.29, 1.82) is 0 Å². The lowest BCUT2D eigenvalue weighted by atomic mass is 9.64. The largest absolute Gasteiger partial charge is 0.459 e. The van der Waals surface area contributed by atoms with Crippen molar-refractivity contribution in [2.45, 2.75) is 59.1 Å². The molecule has 3 rings (SSSR count). The van der Waals surface area contributed by atoms with Gasteiger partial charge in [-0.05, 0) is 48.6 Å². The Morgan fingerprint density at radius 3 is 2.63 bits per heavy atom. The van der Waals surface area contributed by atoms with Crippen LogP contribution in [0.1, 0.15) is 51.2 Å². The van der Waals surface area contributed by atoms with E-state index in [1.165, 1.54) is 0 Å². The van der Waals surface area contributed by atoms with Gasteiger partial charge in [-0.15, -0.1) is 0 Å². The number of esters is 1. The fourth-order valence-electron chi connectivity index (χ4n) is 4.75. The van der Waals surface area contributed by atoms with Gasteiger partial charge in [-0.3, -0.25) is 14.5 Å². The van der Waals surface area contributed by atoms with Crippen LogP contribution in [-0.4, -0.2) is 34.9 Å². The number of aryl methyl sites for hydroxylation is 1. The highest BCUT2D eigenvalue weighted by molar-refractivity contribution is 6.08. The molecule has 2 fully saturated rings. The van der Waals surface area contributed by atoms with Crippen LogP contribution in [0.3, 0.4) is 0 Å². The van der Waals surface area contributed by atoms with Crippen molar-refractivity contribution in [3.8, 4) is 0 Å². The third kappa shape index (κ3) is 3.99. The second-order valence-corrected chi connectivity index (χ2v) is 8.85. The standard InChI is InChI=1S/C21H28N2O4/c1-14-9-20(3,4)13-21(10-14)18(25)23(19(26)22-21)11-17(24)27-12-16-8-6-5-7-15(16)2/h5-8,14H,9-13H2,1-4H3,(H,22,26)/t14-,21+/m1/s1. The van der Waals surface area contributed by atoms with E-state index < -0.39 is 17.5 Å². The molecule has 2 aliphatic rings. The first-order valence-electron chi connectivity index (χ1n) is 9.46. The molecular formula is C21H28N2O4. The summed E-state index contributed by atoms with van der Waals surface area (Å²) in [5.41, 5.74) is 0.997. The summed E-state index contributed by atoms with van der Waals surface area (Å²) < 4.78 is 5.29. The smallest absolute Gasteiger partial charge is 0.326 e. The Kier molecular flexibility index (Phi) is 5.02. The highest BCUT2D eigenvalue weighted by atomic mass is 16.5. The lowest BCUT2D eigenvalue weighted by molar-refractivity contribution is -0.149. The zero-order chi connectivity index (χ0) is 19.8. The average Bonchev–Trinajstić information content (AvgIpc) is 2.75. The van der Waals surface area contributed by atoms with Gasteiger partial charge in [0.15, 0.2) is 0 Å². The van der Waals surface area contributed by atoms with Gasteiger partial charge in [-0.25, -0.2) is 4.79 Å². The lowest BCUT2D eigenvalue weighted by Gasteiger charge is -2.43. The first-order valence-corrected chi connectivity index (χ1v) is 9.46.